The molecule has 0 radical (unpaired) electrons. The maximum atomic E-state index is 11.1. The van der Waals surface area contributed by atoms with Crippen LogP contribution in [-0.4, -0.2) is 36.7 Å². The smallest absolute Gasteiger partial charge is 0.234 e. The third kappa shape index (κ3) is 10.0. The molecule has 0 aliphatic carbocycles. The first-order chi connectivity index (χ1) is 8.80. The van der Waals surface area contributed by atoms with E-state index in [1.165, 1.54) is 0 Å². The molecule has 19 heavy (non-hydrogen) atoms. The summed E-state index contributed by atoms with van der Waals surface area (Å²) in [5, 5.41) is 5.55. The molecule has 0 aliphatic heterocycles. The summed E-state index contributed by atoms with van der Waals surface area (Å²) in [6.07, 6.45) is 1.86. The van der Waals surface area contributed by atoms with Crippen molar-refractivity contribution in [1.82, 2.24) is 10.6 Å². The van der Waals surface area contributed by atoms with Gasteiger partial charge in [-0.15, -0.1) is 23.2 Å². The van der Waals surface area contributed by atoms with Gasteiger partial charge in [0.15, 0.2) is 0 Å². The number of carbonyl (C=O) groups is 2. The second-order valence-electron chi connectivity index (χ2n) is 5.66. The molecule has 0 spiro atoms. The number of halogens is 2. The summed E-state index contributed by atoms with van der Waals surface area (Å²) < 4.78 is 0. The van der Waals surface area contributed by atoms with Gasteiger partial charge in [0.1, 0.15) is 11.8 Å². The van der Waals surface area contributed by atoms with Gasteiger partial charge in [0, 0.05) is 13.1 Å². The van der Waals surface area contributed by atoms with Crippen LogP contribution < -0.4 is 10.6 Å². The predicted octanol–water partition coefficient (Wildman–Crippen LogP) is 2.14. The summed E-state index contributed by atoms with van der Waals surface area (Å²) in [6.45, 7) is 7.59. The van der Waals surface area contributed by atoms with E-state index < -0.39 is 0 Å². The third-order valence-corrected chi connectivity index (χ3v) is 3.35. The standard InChI is InChI=1S/C13H24Cl2N2O2/c1-10(4-5-16-11(18)7-14)6-13(2,3)9-17-12(19)8-15/h10H,4-9H2,1-3H3,(H,16,18)(H,17,19). The summed E-state index contributed by atoms with van der Waals surface area (Å²) in [5.41, 5.74) is 0.0115. The molecule has 1 atom stereocenters. The van der Waals surface area contributed by atoms with E-state index in [0.29, 0.717) is 19.0 Å². The first kappa shape index (κ1) is 18.5. The molecule has 0 saturated carbocycles. The van der Waals surface area contributed by atoms with E-state index in [1.807, 2.05) is 0 Å². The molecule has 6 heteroatoms. The lowest BCUT2D eigenvalue weighted by molar-refractivity contribution is -0.119. The molecular formula is C13H24Cl2N2O2. The second kappa shape index (κ2) is 9.43. The lowest BCUT2D eigenvalue weighted by atomic mass is 9.82. The number of amides is 2. The van der Waals surface area contributed by atoms with Gasteiger partial charge in [-0.3, -0.25) is 9.59 Å². The van der Waals surface area contributed by atoms with Gasteiger partial charge in [0.25, 0.3) is 0 Å². The molecule has 0 saturated heterocycles. The fourth-order valence-electron chi connectivity index (χ4n) is 2.01. The molecule has 0 aromatic rings. The second-order valence-corrected chi connectivity index (χ2v) is 6.19. The Labute approximate surface area is 125 Å². The van der Waals surface area contributed by atoms with Gasteiger partial charge in [-0.25, -0.2) is 0 Å². The Morgan fingerprint density at radius 3 is 2.16 bits per heavy atom. The fraction of sp³-hybridized carbons (Fsp3) is 0.846. The Morgan fingerprint density at radius 1 is 1.11 bits per heavy atom. The van der Waals surface area contributed by atoms with Crippen LogP contribution >= 0.6 is 23.2 Å². The zero-order chi connectivity index (χ0) is 14.9. The SMILES string of the molecule is CC(CCNC(=O)CCl)CC(C)(C)CNC(=O)CCl. The largest absolute Gasteiger partial charge is 0.355 e. The van der Waals surface area contributed by atoms with E-state index in [4.69, 9.17) is 23.2 Å². The third-order valence-electron chi connectivity index (χ3n) is 2.87. The molecule has 0 bridgehead atoms. The van der Waals surface area contributed by atoms with Gasteiger partial charge >= 0.3 is 0 Å². The fourth-order valence-corrected chi connectivity index (χ4v) is 2.20. The molecule has 2 amide bonds. The Kier molecular flexibility index (Phi) is 9.19. The maximum Gasteiger partial charge on any atom is 0.234 e. The van der Waals surface area contributed by atoms with Crippen LogP contribution in [0.4, 0.5) is 0 Å². The number of nitrogens with one attached hydrogen (secondary N) is 2. The van der Waals surface area contributed by atoms with Crippen molar-refractivity contribution < 1.29 is 9.59 Å². The van der Waals surface area contributed by atoms with E-state index in [0.717, 1.165) is 12.8 Å². The number of rotatable bonds is 9. The molecule has 1 unspecified atom stereocenters. The van der Waals surface area contributed by atoms with Gasteiger partial charge in [-0.05, 0) is 24.2 Å². The first-order valence-corrected chi connectivity index (χ1v) is 7.53. The molecule has 0 aliphatic rings. The minimum atomic E-state index is -0.142. The maximum absolute atomic E-state index is 11.1. The highest BCUT2D eigenvalue weighted by molar-refractivity contribution is 6.27. The molecule has 0 aromatic heterocycles. The van der Waals surface area contributed by atoms with Crippen LogP contribution in [0.25, 0.3) is 0 Å². The minimum absolute atomic E-state index is 0.00388. The van der Waals surface area contributed by atoms with E-state index >= 15 is 0 Å². The van der Waals surface area contributed by atoms with Crippen LogP contribution in [0.15, 0.2) is 0 Å². The predicted molar refractivity (Wildman–Crippen MR) is 79.6 cm³/mol. The van der Waals surface area contributed by atoms with Crippen molar-refractivity contribution in [2.75, 3.05) is 24.8 Å². The van der Waals surface area contributed by atoms with Crippen molar-refractivity contribution in [2.45, 2.75) is 33.6 Å². The highest BCUT2D eigenvalue weighted by Crippen LogP contribution is 2.26. The first-order valence-electron chi connectivity index (χ1n) is 6.46. The Morgan fingerprint density at radius 2 is 1.63 bits per heavy atom. The normalized spacial score (nSPS) is 12.9. The topological polar surface area (TPSA) is 58.2 Å². The lowest BCUT2D eigenvalue weighted by Crippen LogP contribution is -2.36. The monoisotopic (exact) mass is 310 g/mol. The van der Waals surface area contributed by atoms with Crippen LogP contribution in [0.2, 0.25) is 0 Å². The van der Waals surface area contributed by atoms with Gasteiger partial charge in [0.2, 0.25) is 11.8 Å². The summed E-state index contributed by atoms with van der Waals surface area (Å²) in [5.74, 6) is 0.179. The Balaban J connectivity index is 3.91. The average Bonchev–Trinajstić information content (AvgIpc) is 2.35. The van der Waals surface area contributed by atoms with Crippen molar-refractivity contribution >= 4 is 35.0 Å². The van der Waals surface area contributed by atoms with E-state index in [2.05, 4.69) is 31.4 Å². The van der Waals surface area contributed by atoms with Crippen LogP contribution in [0.1, 0.15) is 33.6 Å². The van der Waals surface area contributed by atoms with Gasteiger partial charge in [-0.1, -0.05) is 20.8 Å². The average molecular weight is 311 g/mol. The number of hydrogen-bond acceptors (Lipinski definition) is 2. The van der Waals surface area contributed by atoms with Crippen molar-refractivity contribution in [2.24, 2.45) is 11.3 Å². The van der Waals surface area contributed by atoms with Crippen molar-refractivity contribution in [3.8, 4) is 0 Å². The zero-order valence-corrected chi connectivity index (χ0v) is 13.4. The van der Waals surface area contributed by atoms with Crippen LogP contribution in [0.5, 0.6) is 0 Å². The van der Waals surface area contributed by atoms with Crippen LogP contribution in [-0.2, 0) is 9.59 Å². The minimum Gasteiger partial charge on any atom is -0.355 e. The van der Waals surface area contributed by atoms with Gasteiger partial charge in [0.05, 0.1) is 0 Å². The molecule has 0 aromatic carbocycles. The number of carbonyl (C=O) groups excluding carboxylic acids is 2. The molecule has 112 valence electrons. The summed E-state index contributed by atoms with van der Waals surface area (Å²) in [7, 11) is 0. The zero-order valence-electron chi connectivity index (χ0n) is 11.9. The summed E-state index contributed by atoms with van der Waals surface area (Å²) in [6, 6.07) is 0. The van der Waals surface area contributed by atoms with Gasteiger partial charge in [-0.2, -0.15) is 0 Å². The van der Waals surface area contributed by atoms with Crippen LogP contribution in [0, 0.1) is 11.3 Å². The summed E-state index contributed by atoms with van der Waals surface area (Å²) in [4.78, 5) is 22.1. The molecule has 0 rings (SSSR count). The Hall–Kier alpha value is -0.480. The highest BCUT2D eigenvalue weighted by atomic mass is 35.5. The quantitative estimate of drug-likeness (QED) is 0.641. The molecule has 2 N–H and O–H groups in total. The Bertz CT molecular complexity index is 296. The van der Waals surface area contributed by atoms with E-state index in [-0.39, 0.29) is 29.0 Å². The highest BCUT2D eigenvalue weighted by Gasteiger charge is 2.21. The molecular weight excluding hydrogens is 287 g/mol. The van der Waals surface area contributed by atoms with Crippen molar-refractivity contribution in [3.63, 3.8) is 0 Å². The van der Waals surface area contributed by atoms with E-state index in [9.17, 15) is 9.59 Å². The molecule has 4 nitrogen and oxygen atoms in total. The van der Waals surface area contributed by atoms with Gasteiger partial charge < -0.3 is 10.6 Å². The van der Waals surface area contributed by atoms with Crippen LogP contribution in [0.3, 0.4) is 0 Å². The van der Waals surface area contributed by atoms with Crippen molar-refractivity contribution in [3.05, 3.63) is 0 Å². The van der Waals surface area contributed by atoms with E-state index in [1.54, 1.807) is 0 Å². The summed E-state index contributed by atoms with van der Waals surface area (Å²) >= 11 is 10.8. The van der Waals surface area contributed by atoms with Crippen molar-refractivity contribution in [1.29, 1.82) is 0 Å². The molecule has 0 fully saturated rings. The number of alkyl halides is 2. The number of hydrogen-bond donors (Lipinski definition) is 2. The molecule has 0 heterocycles. The lowest BCUT2D eigenvalue weighted by Gasteiger charge is -2.28.